The molecular weight excluding hydrogens is 476 g/mol. The Morgan fingerprint density at radius 3 is 2.24 bits per heavy atom. The Balaban J connectivity index is 1.58. The van der Waals surface area contributed by atoms with Crippen LogP contribution in [0.1, 0.15) is 47.4 Å². The molecule has 1 N–H and O–H groups in total. The van der Waals surface area contributed by atoms with Crippen molar-refractivity contribution in [2.45, 2.75) is 48.2 Å². The molecule has 3 rings (SSSR count). The summed E-state index contributed by atoms with van der Waals surface area (Å²) in [5, 5.41) is 4.97. The highest BCUT2D eigenvalue weighted by Crippen LogP contribution is 2.35. The fourth-order valence-electron chi connectivity index (χ4n) is 3.83. The summed E-state index contributed by atoms with van der Waals surface area (Å²) < 4.78 is 103. The molecule has 1 aliphatic rings. The molecule has 0 aliphatic heterocycles. The largest absolute Gasteiger partial charge is 0.435 e. The van der Waals surface area contributed by atoms with Gasteiger partial charge in [0.2, 0.25) is 0 Å². The Kier molecular flexibility index (Phi) is 6.83. The molecule has 1 aliphatic carbocycles. The number of aryl methyl sites for hydroxylation is 1. The van der Waals surface area contributed by atoms with Crippen LogP contribution in [0.5, 0.6) is 0 Å². The van der Waals surface area contributed by atoms with Gasteiger partial charge in [0.05, 0.1) is 15.7 Å². The summed E-state index contributed by atoms with van der Waals surface area (Å²) in [6, 6.07) is 4.27. The second kappa shape index (κ2) is 8.99. The molecule has 0 unspecified atom stereocenters. The van der Waals surface area contributed by atoms with Crippen molar-refractivity contribution in [1.29, 1.82) is 0 Å². The van der Waals surface area contributed by atoms with E-state index in [1.807, 2.05) is 0 Å². The lowest BCUT2D eigenvalue weighted by Gasteiger charge is -2.28. The number of hydrogen-bond donors (Lipinski definition) is 1. The Hall–Kier alpha value is -2.57. The number of nitrogens with zero attached hydrogens (tertiary/aromatic N) is 2. The van der Waals surface area contributed by atoms with E-state index in [4.69, 9.17) is 0 Å². The number of carbonyl (C=O) groups excluding carboxylic acids is 1. The van der Waals surface area contributed by atoms with Gasteiger partial charge in [0, 0.05) is 19.7 Å². The van der Waals surface area contributed by atoms with Gasteiger partial charge in [0.1, 0.15) is 5.69 Å². The molecule has 1 amide bonds. The van der Waals surface area contributed by atoms with E-state index in [0.717, 1.165) is 22.9 Å². The second-order valence-electron chi connectivity index (χ2n) is 7.96. The number of aromatic nitrogens is 2. The van der Waals surface area contributed by atoms with Crippen molar-refractivity contribution >= 4 is 15.7 Å². The lowest BCUT2D eigenvalue weighted by Crippen LogP contribution is -2.34. The van der Waals surface area contributed by atoms with Gasteiger partial charge in [-0.25, -0.2) is 8.42 Å². The highest BCUT2D eigenvalue weighted by Gasteiger charge is 2.37. The molecule has 2 aromatic rings. The third-order valence-electron chi connectivity index (χ3n) is 5.68. The molecule has 1 aromatic carbocycles. The zero-order chi connectivity index (χ0) is 24.6. The van der Waals surface area contributed by atoms with Crippen molar-refractivity contribution in [3.05, 3.63) is 47.3 Å². The number of benzene rings is 1. The van der Waals surface area contributed by atoms with Crippen LogP contribution < -0.4 is 5.32 Å². The van der Waals surface area contributed by atoms with Crippen LogP contribution in [0, 0.1) is 5.92 Å². The zero-order valence-electron chi connectivity index (χ0n) is 17.4. The number of halogens is 6. The monoisotopic (exact) mass is 497 g/mol. The number of alkyl halides is 6. The molecular formula is C20H21F6N3O3S. The first-order valence-electron chi connectivity index (χ1n) is 10.00. The van der Waals surface area contributed by atoms with E-state index < -0.39 is 44.6 Å². The molecule has 1 saturated carbocycles. The van der Waals surface area contributed by atoms with Crippen molar-refractivity contribution in [3.8, 4) is 0 Å². The molecule has 1 aromatic heterocycles. The number of carbonyl (C=O) groups is 1. The van der Waals surface area contributed by atoms with Gasteiger partial charge in [-0.05, 0) is 49.8 Å². The van der Waals surface area contributed by atoms with Gasteiger partial charge in [0.25, 0.3) is 5.91 Å². The van der Waals surface area contributed by atoms with Crippen molar-refractivity contribution in [1.82, 2.24) is 15.1 Å². The van der Waals surface area contributed by atoms with Crippen molar-refractivity contribution in [2.24, 2.45) is 13.0 Å². The number of hydrogen-bond acceptors (Lipinski definition) is 4. The zero-order valence-corrected chi connectivity index (χ0v) is 18.2. The van der Waals surface area contributed by atoms with Gasteiger partial charge in [-0.2, -0.15) is 31.4 Å². The van der Waals surface area contributed by atoms with Crippen LogP contribution >= 0.6 is 0 Å². The maximum absolute atomic E-state index is 12.9. The number of sulfone groups is 1. The van der Waals surface area contributed by atoms with Gasteiger partial charge in [-0.15, -0.1) is 0 Å². The predicted molar refractivity (Wildman–Crippen MR) is 105 cm³/mol. The standard InChI is InChI=1S/C20H21F6N3O3S/c1-29-16(10-17(28-29)20(24,25)26)18(30)27-11-12-5-7-14(8-6-12)33(31,32)15-4-2-3-13(9-15)19(21,22)23/h2-4,9-10,12,14H,5-8,11H2,1H3,(H,27,30). The van der Waals surface area contributed by atoms with Crippen LogP contribution in [-0.2, 0) is 29.2 Å². The molecule has 0 spiro atoms. The lowest BCUT2D eigenvalue weighted by atomic mass is 9.89. The molecule has 6 nitrogen and oxygen atoms in total. The number of rotatable bonds is 5. The topological polar surface area (TPSA) is 81.1 Å². The van der Waals surface area contributed by atoms with Gasteiger partial charge in [-0.1, -0.05) is 6.07 Å². The van der Waals surface area contributed by atoms with E-state index in [-0.39, 0.29) is 35.9 Å². The van der Waals surface area contributed by atoms with E-state index >= 15 is 0 Å². The average Bonchev–Trinajstić information content (AvgIpc) is 3.14. The van der Waals surface area contributed by atoms with E-state index in [1.165, 1.54) is 7.05 Å². The molecule has 33 heavy (non-hydrogen) atoms. The van der Waals surface area contributed by atoms with Crippen LogP contribution in [0.25, 0.3) is 0 Å². The van der Waals surface area contributed by atoms with Crippen molar-refractivity contribution < 1.29 is 39.6 Å². The summed E-state index contributed by atoms with van der Waals surface area (Å²) in [5.41, 5.74) is -2.48. The first-order valence-corrected chi connectivity index (χ1v) is 11.5. The minimum absolute atomic E-state index is 0.114. The van der Waals surface area contributed by atoms with Gasteiger partial charge >= 0.3 is 12.4 Å². The van der Waals surface area contributed by atoms with Gasteiger partial charge in [0.15, 0.2) is 15.5 Å². The summed E-state index contributed by atoms with van der Waals surface area (Å²) in [4.78, 5) is 11.9. The SMILES string of the molecule is Cn1nc(C(F)(F)F)cc1C(=O)NCC1CCC(S(=O)(=O)c2cccc(C(F)(F)F)c2)CC1. The molecule has 0 radical (unpaired) electrons. The van der Waals surface area contributed by atoms with E-state index in [2.05, 4.69) is 10.4 Å². The molecule has 0 saturated heterocycles. The minimum Gasteiger partial charge on any atom is -0.350 e. The van der Waals surface area contributed by atoms with Gasteiger partial charge < -0.3 is 5.32 Å². The van der Waals surface area contributed by atoms with Crippen molar-refractivity contribution in [2.75, 3.05) is 6.54 Å². The fourth-order valence-corrected chi connectivity index (χ4v) is 5.67. The third kappa shape index (κ3) is 5.68. The minimum atomic E-state index is -4.68. The Bertz CT molecular complexity index is 1120. The fraction of sp³-hybridized carbons (Fsp3) is 0.500. The molecule has 182 valence electrons. The molecule has 0 bridgehead atoms. The quantitative estimate of drug-likeness (QED) is 0.628. The third-order valence-corrected chi connectivity index (χ3v) is 7.94. The summed E-state index contributed by atoms with van der Waals surface area (Å²) in [6.45, 7) is 0.127. The van der Waals surface area contributed by atoms with Crippen LogP contribution in [0.2, 0.25) is 0 Å². The highest BCUT2D eigenvalue weighted by molar-refractivity contribution is 7.92. The maximum atomic E-state index is 12.9. The van der Waals surface area contributed by atoms with Crippen LogP contribution in [0.3, 0.4) is 0 Å². The van der Waals surface area contributed by atoms with E-state index in [1.54, 1.807) is 0 Å². The predicted octanol–water partition coefficient (Wildman–Crippen LogP) is 4.22. The second-order valence-corrected chi connectivity index (χ2v) is 10.2. The highest BCUT2D eigenvalue weighted by atomic mass is 32.2. The van der Waals surface area contributed by atoms with Crippen molar-refractivity contribution in [3.63, 3.8) is 0 Å². The summed E-state index contributed by atoms with van der Waals surface area (Å²) in [7, 11) is -2.75. The van der Waals surface area contributed by atoms with Crippen LogP contribution in [0.4, 0.5) is 26.3 Å². The number of amides is 1. The van der Waals surface area contributed by atoms with Crippen LogP contribution in [-0.4, -0.2) is 35.9 Å². The lowest BCUT2D eigenvalue weighted by molar-refractivity contribution is -0.141. The first-order chi connectivity index (χ1) is 15.2. The molecule has 1 heterocycles. The van der Waals surface area contributed by atoms with Gasteiger partial charge in [-0.3, -0.25) is 9.48 Å². The molecule has 13 heteroatoms. The Labute approximate surface area is 185 Å². The smallest absolute Gasteiger partial charge is 0.350 e. The van der Waals surface area contributed by atoms with Crippen LogP contribution in [0.15, 0.2) is 35.2 Å². The summed E-state index contributed by atoms with van der Waals surface area (Å²) in [6.07, 6.45) is -8.16. The van der Waals surface area contributed by atoms with E-state index in [9.17, 15) is 39.6 Å². The Morgan fingerprint density at radius 2 is 1.70 bits per heavy atom. The number of nitrogens with one attached hydrogen (secondary N) is 1. The Morgan fingerprint density at radius 1 is 1.06 bits per heavy atom. The maximum Gasteiger partial charge on any atom is 0.435 e. The molecule has 1 fully saturated rings. The normalized spacial score (nSPS) is 20.0. The van der Waals surface area contributed by atoms with E-state index in [0.29, 0.717) is 25.0 Å². The average molecular weight is 497 g/mol. The summed E-state index contributed by atoms with van der Waals surface area (Å²) in [5.74, 6) is -0.851. The summed E-state index contributed by atoms with van der Waals surface area (Å²) >= 11 is 0. The molecule has 0 atom stereocenters. The first kappa shape index (κ1) is 25.1.